The van der Waals surface area contributed by atoms with Gasteiger partial charge in [-0.25, -0.2) is 5.84 Å². The van der Waals surface area contributed by atoms with Crippen LogP contribution in [0.3, 0.4) is 0 Å². The van der Waals surface area contributed by atoms with Crippen molar-refractivity contribution < 1.29 is 34.8 Å². The van der Waals surface area contributed by atoms with Crippen molar-refractivity contribution >= 4 is 35.6 Å². The lowest BCUT2D eigenvalue weighted by molar-refractivity contribution is -0.148. The zero-order chi connectivity index (χ0) is 25.3. The molecular weight excluding hydrogens is 480 g/mol. The van der Waals surface area contributed by atoms with Crippen molar-refractivity contribution in [1.29, 1.82) is 0 Å². The number of ketones is 2. The molecule has 35 heavy (non-hydrogen) atoms. The van der Waals surface area contributed by atoms with Crippen LogP contribution in [0.15, 0.2) is 34.8 Å². The van der Waals surface area contributed by atoms with Gasteiger partial charge in [-0.05, 0) is 50.6 Å². The molecule has 7 N–H and O–H groups in total. The van der Waals surface area contributed by atoms with Crippen molar-refractivity contribution in [2.24, 2.45) is 17.7 Å². The largest absolute Gasteiger partial charge is 0.510 e. The highest BCUT2D eigenvalue weighted by molar-refractivity contribution is 6.25. The number of rotatable bonds is 3. The second-order valence-corrected chi connectivity index (χ2v) is 9.42. The Bertz CT molecular complexity index is 1190. The lowest BCUT2D eigenvalue weighted by Gasteiger charge is -2.50. The third kappa shape index (κ3) is 3.49. The van der Waals surface area contributed by atoms with E-state index in [0.29, 0.717) is 11.3 Å². The first-order valence-electron chi connectivity index (χ1n) is 10.8. The molecule has 190 valence electrons. The summed E-state index contributed by atoms with van der Waals surface area (Å²) in [5.74, 6) is -1.28. The molecule has 0 aromatic heterocycles. The number of benzene rings is 1. The number of amides is 1. The average Bonchev–Trinajstić information content (AvgIpc) is 2.75. The van der Waals surface area contributed by atoms with Gasteiger partial charge in [0, 0.05) is 31.3 Å². The van der Waals surface area contributed by atoms with Crippen LogP contribution in [0.4, 0.5) is 5.69 Å². The lowest BCUT2D eigenvalue weighted by atomic mass is 9.58. The number of hydrogen-bond acceptors (Lipinski definition) is 10. The van der Waals surface area contributed by atoms with E-state index in [2.05, 4.69) is 0 Å². The first-order valence-corrected chi connectivity index (χ1v) is 10.8. The summed E-state index contributed by atoms with van der Waals surface area (Å²) in [4.78, 5) is 42.5. The minimum absolute atomic E-state index is 0. The predicted molar refractivity (Wildman–Crippen MR) is 128 cm³/mol. The molecule has 0 radical (unpaired) electrons. The summed E-state index contributed by atoms with van der Waals surface area (Å²) >= 11 is 0. The minimum atomic E-state index is -2.64. The van der Waals surface area contributed by atoms with Gasteiger partial charge in [-0.2, -0.15) is 0 Å². The summed E-state index contributed by atoms with van der Waals surface area (Å²) in [6.45, 7) is 0. The average molecular weight is 509 g/mol. The van der Waals surface area contributed by atoms with Gasteiger partial charge < -0.3 is 25.3 Å². The second kappa shape index (κ2) is 8.83. The fourth-order valence-corrected chi connectivity index (χ4v) is 5.71. The number of anilines is 1. The number of allylic oxidation sites excluding steroid dienone is 1. The van der Waals surface area contributed by atoms with Crippen LogP contribution >= 0.6 is 12.4 Å². The number of carbonyl (C=O) groups excluding carboxylic acids is 3. The highest BCUT2D eigenvalue weighted by Gasteiger charge is 2.63. The monoisotopic (exact) mass is 508 g/mol. The molecule has 0 bridgehead atoms. The van der Waals surface area contributed by atoms with Crippen molar-refractivity contribution in [1.82, 2.24) is 10.3 Å². The Morgan fingerprint density at radius 3 is 2.31 bits per heavy atom. The highest BCUT2D eigenvalue weighted by Crippen LogP contribution is 2.53. The Morgan fingerprint density at radius 1 is 1.14 bits per heavy atom. The molecule has 0 heterocycles. The van der Waals surface area contributed by atoms with E-state index in [4.69, 9.17) is 5.84 Å². The van der Waals surface area contributed by atoms with E-state index in [-0.39, 0.29) is 42.1 Å². The summed E-state index contributed by atoms with van der Waals surface area (Å²) < 4.78 is 0. The van der Waals surface area contributed by atoms with Gasteiger partial charge in [-0.3, -0.25) is 24.7 Å². The zero-order valence-electron chi connectivity index (χ0n) is 19.7. The molecule has 4 atom stereocenters. The van der Waals surface area contributed by atoms with E-state index in [0.717, 1.165) is 0 Å². The molecule has 0 aliphatic heterocycles. The van der Waals surface area contributed by atoms with Gasteiger partial charge in [-0.15, -0.1) is 12.4 Å². The van der Waals surface area contributed by atoms with Crippen LogP contribution in [0, 0.1) is 11.8 Å². The van der Waals surface area contributed by atoms with Gasteiger partial charge >= 0.3 is 0 Å². The predicted octanol–water partition coefficient (Wildman–Crippen LogP) is 0.113. The quantitative estimate of drug-likeness (QED) is 0.142. The number of likely N-dealkylation sites (N-methyl/N-ethyl adjacent to an activating group) is 1. The van der Waals surface area contributed by atoms with E-state index in [1.54, 1.807) is 44.6 Å². The van der Waals surface area contributed by atoms with Crippen LogP contribution in [0.1, 0.15) is 22.3 Å². The number of halogens is 1. The fraction of sp³-hybridized carbons (Fsp3) is 0.435. The summed E-state index contributed by atoms with van der Waals surface area (Å²) in [6, 6.07) is 2.05. The maximum absolute atomic E-state index is 13.5. The molecule has 3 aliphatic carbocycles. The van der Waals surface area contributed by atoms with Crippen molar-refractivity contribution in [3.63, 3.8) is 0 Å². The van der Waals surface area contributed by atoms with E-state index in [9.17, 15) is 34.8 Å². The smallest absolute Gasteiger partial charge is 0.272 e. The van der Waals surface area contributed by atoms with Crippen molar-refractivity contribution in [3.05, 3.63) is 45.9 Å². The zero-order valence-corrected chi connectivity index (χ0v) is 20.5. The summed E-state index contributed by atoms with van der Waals surface area (Å²) in [5, 5.41) is 44.2. The topological polar surface area (TPSA) is 177 Å². The Morgan fingerprint density at radius 2 is 1.77 bits per heavy atom. The number of phenolic OH excluding ortho intramolecular Hbond substituents is 1. The Kier molecular flexibility index (Phi) is 6.68. The summed E-state index contributed by atoms with van der Waals surface area (Å²) in [7, 11) is 6.78. The molecule has 4 rings (SSSR count). The van der Waals surface area contributed by atoms with Crippen LogP contribution in [0.5, 0.6) is 5.75 Å². The fourth-order valence-electron chi connectivity index (χ4n) is 5.71. The van der Waals surface area contributed by atoms with Crippen LogP contribution < -0.4 is 16.2 Å². The van der Waals surface area contributed by atoms with Gasteiger partial charge in [-0.1, -0.05) is 0 Å². The Balaban J connectivity index is 0.00000342. The number of aliphatic hydroxyl groups excluding tert-OH is 2. The standard InChI is InChI=1S/C23H28N4O7.ClH/c1-26(2)12-5-6-13(28)15-10(12)7-9-8-11-17(27(3)4)19(30)16(22(33)25-24)21(32)23(11,34)20(31)14(9)18(15)29;/h5-6,9,11,17,28,30-31,34H,7-8,24H2,1-4H3,(H,25,33);1H/t9?,11?,17-,23?;/m0./s1. The van der Waals surface area contributed by atoms with Gasteiger partial charge in [0.05, 0.1) is 11.6 Å². The van der Waals surface area contributed by atoms with E-state index < -0.39 is 58.0 Å². The molecule has 12 heteroatoms. The van der Waals surface area contributed by atoms with Crippen LogP contribution in [-0.4, -0.2) is 82.6 Å². The number of hydrogen-bond donors (Lipinski definition) is 6. The van der Waals surface area contributed by atoms with Gasteiger partial charge in [0.15, 0.2) is 11.4 Å². The van der Waals surface area contributed by atoms with E-state index in [1.807, 2.05) is 0 Å². The highest BCUT2D eigenvalue weighted by atomic mass is 35.5. The maximum atomic E-state index is 13.5. The Hall–Kier alpha value is -3.12. The van der Waals surface area contributed by atoms with Crippen LogP contribution in [0.2, 0.25) is 0 Å². The number of fused-ring (bicyclic) bond motifs is 3. The molecule has 1 aromatic carbocycles. The second-order valence-electron chi connectivity index (χ2n) is 9.42. The van der Waals surface area contributed by atoms with Gasteiger partial charge in [0.25, 0.3) is 5.91 Å². The number of phenols is 1. The van der Waals surface area contributed by atoms with Gasteiger partial charge in [0.2, 0.25) is 5.78 Å². The third-order valence-corrected chi connectivity index (χ3v) is 7.17. The normalized spacial score (nSPS) is 27.7. The lowest BCUT2D eigenvalue weighted by Crippen LogP contribution is -2.64. The first kappa shape index (κ1) is 26.5. The van der Waals surface area contributed by atoms with E-state index >= 15 is 0 Å². The van der Waals surface area contributed by atoms with Gasteiger partial charge in [0.1, 0.15) is 22.8 Å². The number of aromatic hydroxyl groups is 1. The van der Waals surface area contributed by atoms with Crippen molar-refractivity contribution in [2.45, 2.75) is 24.5 Å². The molecule has 1 aromatic rings. The molecule has 3 unspecified atom stereocenters. The Labute approximate surface area is 207 Å². The number of nitrogens with zero attached hydrogens (tertiary/aromatic N) is 2. The van der Waals surface area contributed by atoms with E-state index in [1.165, 1.54) is 11.0 Å². The minimum Gasteiger partial charge on any atom is -0.510 e. The van der Waals surface area contributed by atoms with Crippen molar-refractivity contribution in [3.8, 4) is 5.75 Å². The SMILES string of the molecule is CN(C)c1ccc(O)c2c1CC1CC3[C@H](N(C)C)C(O)=C(C(=O)NN)C(=O)C3(O)C(O)=C1C2=O.Cl. The molecule has 0 spiro atoms. The molecule has 1 amide bonds. The maximum Gasteiger partial charge on any atom is 0.272 e. The molecule has 0 saturated carbocycles. The number of Topliss-reactive ketones (excluding diaryl/α,β-unsaturated/α-hetero) is 2. The first-order chi connectivity index (χ1) is 15.9. The molecule has 0 saturated heterocycles. The summed E-state index contributed by atoms with van der Waals surface area (Å²) in [6.07, 6.45) is 0.309. The number of nitrogens with one attached hydrogen (secondary N) is 1. The number of nitrogens with two attached hydrogens (primary N) is 1. The molecule has 3 aliphatic rings. The van der Waals surface area contributed by atoms with Crippen LogP contribution in [0.25, 0.3) is 0 Å². The number of aliphatic hydroxyl groups is 3. The third-order valence-electron chi connectivity index (χ3n) is 7.17. The molecular formula is C23H29ClN4O7. The molecule has 11 nitrogen and oxygen atoms in total. The number of carbonyl (C=O) groups is 3. The molecule has 0 fully saturated rings. The summed E-state index contributed by atoms with van der Waals surface area (Å²) in [5.41, 5.74) is -0.530. The van der Waals surface area contributed by atoms with Crippen LogP contribution in [-0.2, 0) is 16.0 Å². The van der Waals surface area contributed by atoms with Crippen molar-refractivity contribution in [2.75, 3.05) is 33.1 Å². The number of hydrazine groups is 1.